The lowest BCUT2D eigenvalue weighted by atomic mass is 9.81. The summed E-state index contributed by atoms with van der Waals surface area (Å²) in [4.78, 5) is 25.9. The molecule has 4 aromatic carbocycles. The molecule has 4 aromatic rings. The third kappa shape index (κ3) is 19.8. The van der Waals surface area contributed by atoms with E-state index in [4.69, 9.17) is 80.5 Å². The zero-order valence-electron chi connectivity index (χ0n) is 62.7. The van der Waals surface area contributed by atoms with Gasteiger partial charge in [-0.2, -0.15) is 0 Å². The molecule has 0 aliphatic carbocycles. The van der Waals surface area contributed by atoms with E-state index in [1.807, 2.05) is 121 Å². The van der Waals surface area contributed by atoms with E-state index in [0.29, 0.717) is 32.8 Å². The van der Waals surface area contributed by atoms with Gasteiger partial charge >= 0.3 is 11.9 Å². The lowest BCUT2D eigenvalue weighted by Gasteiger charge is -2.52. The average Bonchev–Trinajstić information content (AvgIpc) is 0.774. The molecule has 10 rings (SSSR count). The molecular formula is C82H118O19. The highest BCUT2D eigenvalue weighted by Crippen LogP contribution is 2.46. The van der Waals surface area contributed by atoms with Crippen molar-refractivity contribution in [3.05, 3.63) is 144 Å². The summed E-state index contributed by atoms with van der Waals surface area (Å²) in [6, 6.07) is 40.2. The summed E-state index contributed by atoms with van der Waals surface area (Å²) in [7, 11) is 0. The molecule has 0 amide bonds. The van der Waals surface area contributed by atoms with E-state index in [1.165, 1.54) is 13.8 Å². The van der Waals surface area contributed by atoms with Crippen LogP contribution in [0.5, 0.6) is 0 Å². The second-order valence-corrected chi connectivity index (χ2v) is 29.9. The Morgan fingerprint density at radius 2 is 0.624 bits per heavy atom. The molecule has 19 heteroatoms. The number of esters is 2. The summed E-state index contributed by atoms with van der Waals surface area (Å²) in [6.07, 6.45) is -10.2. The summed E-state index contributed by atoms with van der Waals surface area (Å²) in [5.74, 6) is -2.04. The molecule has 6 saturated heterocycles. The first kappa shape index (κ1) is 78.8. The summed E-state index contributed by atoms with van der Waals surface area (Å²) >= 11 is 0. The molecule has 0 aromatic heterocycles. The zero-order chi connectivity index (χ0) is 72.0. The molecule has 0 saturated carbocycles. The molecule has 0 radical (unpaired) electrons. The second-order valence-electron chi connectivity index (χ2n) is 29.9. The van der Waals surface area contributed by atoms with Crippen LogP contribution >= 0.6 is 0 Å². The largest absolute Gasteiger partial charge is 0.457 e. The minimum atomic E-state index is -1.10. The third-order valence-electron chi connectivity index (χ3n) is 23.2. The highest BCUT2D eigenvalue weighted by atomic mass is 16.8. The fourth-order valence-corrected chi connectivity index (χ4v) is 15.7. The Balaban J connectivity index is 0.937. The van der Waals surface area contributed by atoms with Gasteiger partial charge in [-0.3, -0.25) is 9.59 Å². The van der Waals surface area contributed by atoms with Crippen LogP contribution in [-0.2, 0) is 117 Å². The molecule has 12 unspecified atom stereocenters. The van der Waals surface area contributed by atoms with Crippen molar-refractivity contribution in [2.24, 2.45) is 65.1 Å². The van der Waals surface area contributed by atoms with Gasteiger partial charge in [0, 0.05) is 43.4 Å². The van der Waals surface area contributed by atoms with Crippen LogP contribution in [0.15, 0.2) is 121 Å². The third-order valence-corrected chi connectivity index (χ3v) is 23.2. The number of carbonyl (C=O) groups is 2. The standard InChI is InChI=1S/C82H118O19/c1-17-64-47(4)50(7)73(101-78-56(13)54(11)70(66(19-3)94-78)98-81-75(91-59(16)84)52(9)49(6)67(95-81)44-85-40-60-32-24-20-25-33-60)79(92-64)89-46-68-57(14)72(100-80-74(90-58(15)83)51(8)48(5)65(18-2)93-80)76(87-42-62-36-28-22-29-37-62)82(96-68)99-71-53(10)55(12)77(88-43-63-38-30-23-31-39-63)97-69(71)45-86-41-61-34-26-21-27-35-61/h20-39,47-57,64-82H,17-19,40-46H2,1-16H3/t47-,48+,49+,50?,51+,52?,53?,54?,55-,56-,57+,64?,65?,66?,67?,68?,69?,70-,71-,72?,73+,74?,75-,76+,77+,78-,79-,80-,81-,82-/m0/s1. The van der Waals surface area contributed by atoms with Gasteiger partial charge in [-0.25, -0.2) is 0 Å². The van der Waals surface area contributed by atoms with Crippen LogP contribution in [0.4, 0.5) is 0 Å². The fourth-order valence-electron chi connectivity index (χ4n) is 15.7. The summed E-state index contributed by atoms with van der Waals surface area (Å²) in [5, 5.41) is 0. The van der Waals surface area contributed by atoms with E-state index in [1.54, 1.807) is 0 Å². The quantitative estimate of drug-likeness (QED) is 0.0447. The van der Waals surface area contributed by atoms with E-state index < -0.39 is 117 Å². The van der Waals surface area contributed by atoms with Gasteiger partial charge in [0.05, 0.1) is 95.1 Å². The van der Waals surface area contributed by atoms with Crippen LogP contribution in [0.25, 0.3) is 0 Å². The van der Waals surface area contributed by atoms with Gasteiger partial charge in [0.15, 0.2) is 49.9 Å². The number of hydrogen-bond acceptors (Lipinski definition) is 19. The molecule has 6 heterocycles. The van der Waals surface area contributed by atoms with Crippen LogP contribution < -0.4 is 0 Å². The van der Waals surface area contributed by atoms with Crippen LogP contribution in [0.1, 0.15) is 152 Å². The van der Waals surface area contributed by atoms with E-state index in [2.05, 4.69) is 96.9 Å². The van der Waals surface area contributed by atoms with Crippen molar-refractivity contribution in [2.45, 2.75) is 274 Å². The van der Waals surface area contributed by atoms with Gasteiger partial charge in [-0.1, -0.05) is 218 Å². The smallest absolute Gasteiger partial charge is 0.303 e. The predicted octanol–water partition coefficient (Wildman–Crippen LogP) is 14.2. The Kier molecular flexibility index (Phi) is 29.2. The first-order valence-corrected chi connectivity index (χ1v) is 37.7. The van der Waals surface area contributed by atoms with Crippen molar-refractivity contribution in [1.29, 1.82) is 0 Å². The maximum Gasteiger partial charge on any atom is 0.303 e. The number of carbonyl (C=O) groups excluding carboxylic acids is 2. The van der Waals surface area contributed by atoms with E-state index in [0.717, 1.165) is 35.1 Å². The van der Waals surface area contributed by atoms with Crippen molar-refractivity contribution in [1.82, 2.24) is 0 Å². The Morgan fingerprint density at radius 3 is 1.10 bits per heavy atom. The summed E-state index contributed by atoms with van der Waals surface area (Å²) in [6.45, 7) is 34.6. The van der Waals surface area contributed by atoms with Gasteiger partial charge in [0.2, 0.25) is 0 Å². The zero-order valence-corrected chi connectivity index (χ0v) is 62.7. The van der Waals surface area contributed by atoms with Crippen LogP contribution in [-0.4, -0.2) is 149 Å². The Morgan fingerprint density at radius 1 is 0.287 bits per heavy atom. The molecule has 0 N–H and O–H groups in total. The van der Waals surface area contributed by atoms with Crippen molar-refractivity contribution >= 4 is 11.9 Å². The number of benzene rings is 4. The van der Waals surface area contributed by atoms with Gasteiger partial charge in [0.1, 0.15) is 18.3 Å². The number of hydrogen-bond donors (Lipinski definition) is 0. The van der Waals surface area contributed by atoms with Gasteiger partial charge < -0.3 is 80.5 Å². The van der Waals surface area contributed by atoms with Crippen molar-refractivity contribution in [3.63, 3.8) is 0 Å². The normalized spacial score (nSPS) is 39.1. The first-order valence-electron chi connectivity index (χ1n) is 37.7. The molecule has 19 nitrogen and oxygen atoms in total. The molecule has 6 aliphatic heterocycles. The molecule has 0 bridgehead atoms. The van der Waals surface area contributed by atoms with Crippen molar-refractivity contribution in [3.8, 4) is 0 Å². The molecule has 560 valence electrons. The predicted molar refractivity (Wildman–Crippen MR) is 379 cm³/mol. The van der Waals surface area contributed by atoms with Gasteiger partial charge in [-0.05, 0) is 77.0 Å². The average molecular weight is 1410 g/mol. The van der Waals surface area contributed by atoms with Crippen LogP contribution in [0.3, 0.4) is 0 Å². The first-order chi connectivity index (χ1) is 48.7. The fraction of sp³-hybridized carbons (Fsp3) is 0.683. The van der Waals surface area contributed by atoms with E-state index in [-0.39, 0.29) is 97.3 Å². The van der Waals surface area contributed by atoms with Gasteiger partial charge in [0.25, 0.3) is 0 Å². The Hall–Kier alpha value is -4.78. The SMILES string of the molecule is CCC1O[C@H](OCC2O[C@@H](O[C@@H]3C(COCc4ccccc4)O[C@@H](OCc4ccccc4)[C@@H](C)C3C)[C@H](OCc3ccccc3)C(O[C@@H]3OC(CC)[C@H](C)[C@@H](C)C3OC(C)=O)[C@@H]2C)[C@H](O[C@@H]2OC(CC)[C@@H](O[C@@H]3OC(COCc4ccccc4)[C@H](C)C(C)[C@@H]3OC(C)=O)C(C)[C@@H]2C)C(C)[C@@H]1C. The monoisotopic (exact) mass is 1410 g/mol. The maximum atomic E-state index is 13.1. The lowest BCUT2D eigenvalue weighted by Crippen LogP contribution is -2.63. The highest BCUT2D eigenvalue weighted by Gasteiger charge is 2.56. The van der Waals surface area contributed by atoms with E-state index >= 15 is 0 Å². The van der Waals surface area contributed by atoms with Gasteiger partial charge in [-0.15, -0.1) is 0 Å². The van der Waals surface area contributed by atoms with Crippen LogP contribution in [0, 0.1) is 65.1 Å². The van der Waals surface area contributed by atoms with Crippen molar-refractivity contribution < 1.29 is 90.1 Å². The second kappa shape index (κ2) is 37.5. The van der Waals surface area contributed by atoms with E-state index in [9.17, 15) is 9.59 Å². The Bertz CT molecular complexity index is 3080. The molecule has 6 fully saturated rings. The molecule has 0 spiro atoms. The molecular weight excluding hydrogens is 1290 g/mol. The number of ether oxygens (including phenoxy) is 17. The maximum absolute atomic E-state index is 13.1. The number of rotatable bonds is 30. The Labute approximate surface area is 601 Å². The topological polar surface area (TPSA) is 191 Å². The lowest BCUT2D eigenvalue weighted by molar-refractivity contribution is -0.380. The minimum Gasteiger partial charge on any atom is -0.457 e. The summed E-state index contributed by atoms with van der Waals surface area (Å²) < 4.78 is 118. The molecule has 6 aliphatic rings. The highest BCUT2D eigenvalue weighted by molar-refractivity contribution is 5.66. The van der Waals surface area contributed by atoms with Crippen LogP contribution in [0.2, 0.25) is 0 Å². The molecule has 101 heavy (non-hydrogen) atoms. The minimum absolute atomic E-state index is 0.000937. The van der Waals surface area contributed by atoms with Crippen molar-refractivity contribution in [2.75, 3.05) is 19.8 Å². The molecule has 30 atom stereocenters. The summed E-state index contributed by atoms with van der Waals surface area (Å²) in [5.41, 5.74) is 4.07.